The molecular weight excluding hydrogens is 346 g/mol. The van der Waals surface area contributed by atoms with E-state index in [0.29, 0.717) is 22.1 Å². The number of benzene rings is 2. The van der Waals surface area contributed by atoms with E-state index in [1.807, 2.05) is 0 Å². The first-order valence-corrected chi connectivity index (χ1v) is 7.75. The van der Waals surface area contributed by atoms with Gasteiger partial charge in [0.05, 0.1) is 39.0 Å². The van der Waals surface area contributed by atoms with Crippen molar-refractivity contribution < 1.29 is 23.8 Å². The number of hydrogen-bond acceptors (Lipinski definition) is 5. The molecule has 2 aromatic rings. The van der Waals surface area contributed by atoms with Gasteiger partial charge in [-0.15, -0.1) is 0 Å². The molecule has 1 amide bonds. The zero-order chi connectivity index (χ0) is 18.4. The summed E-state index contributed by atoms with van der Waals surface area (Å²) in [6, 6.07) is 10.0. The van der Waals surface area contributed by atoms with Crippen molar-refractivity contribution in [3.8, 4) is 11.5 Å². The number of esters is 1. The Labute approximate surface area is 150 Å². The summed E-state index contributed by atoms with van der Waals surface area (Å²) in [6.45, 7) is 0. The largest absolute Gasteiger partial charge is 0.493 e. The second-order valence-corrected chi connectivity index (χ2v) is 5.47. The quantitative estimate of drug-likeness (QED) is 0.797. The van der Waals surface area contributed by atoms with Crippen LogP contribution in [0, 0.1) is 0 Å². The molecule has 1 N–H and O–H groups in total. The number of nitrogens with one attached hydrogen (secondary N) is 1. The van der Waals surface area contributed by atoms with Gasteiger partial charge in [-0.1, -0.05) is 29.8 Å². The maximum atomic E-state index is 12.4. The van der Waals surface area contributed by atoms with Crippen LogP contribution >= 0.6 is 11.6 Å². The lowest BCUT2D eigenvalue weighted by atomic mass is 10.1. The minimum absolute atomic E-state index is 0.0641. The van der Waals surface area contributed by atoms with Gasteiger partial charge in [-0.3, -0.25) is 4.79 Å². The van der Waals surface area contributed by atoms with Crippen LogP contribution in [0.25, 0.3) is 0 Å². The lowest BCUT2D eigenvalue weighted by molar-refractivity contribution is -0.115. The lowest BCUT2D eigenvalue weighted by Gasteiger charge is -2.15. The maximum absolute atomic E-state index is 12.4. The summed E-state index contributed by atoms with van der Waals surface area (Å²) in [5.74, 6) is -0.199. The lowest BCUT2D eigenvalue weighted by Crippen LogP contribution is -2.17. The van der Waals surface area contributed by atoms with Crippen LogP contribution in [0.5, 0.6) is 11.5 Å². The van der Waals surface area contributed by atoms with Gasteiger partial charge < -0.3 is 19.5 Å². The molecule has 0 atom stereocenters. The minimum Gasteiger partial charge on any atom is -0.493 e. The first-order valence-electron chi connectivity index (χ1n) is 7.37. The molecule has 0 aliphatic heterocycles. The first kappa shape index (κ1) is 18.6. The number of carbonyl (C=O) groups excluding carboxylic acids is 2. The van der Waals surface area contributed by atoms with Crippen LogP contribution in [0.2, 0.25) is 5.02 Å². The van der Waals surface area contributed by atoms with Gasteiger partial charge in [-0.2, -0.15) is 0 Å². The Morgan fingerprint density at radius 2 is 1.68 bits per heavy atom. The Balaban J connectivity index is 2.32. The van der Waals surface area contributed by atoms with Crippen LogP contribution < -0.4 is 14.8 Å². The molecule has 0 saturated carbocycles. The summed E-state index contributed by atoms with van der Waals surface area (Å²) in [6.07, 6.45) is 0.0641. The Morgan fingerprint density at radius 1 is 1.04 bits per heavy atom. The first-order chi connectivity index (χ1) is 12.0. The fraction of sp³-hybridized carbons (Fsp3) is 0.222. The molecule has 0 unspecified atom stereocenters. The standard InChI is InChI=1S/C18H18ClNO5/c1-23-15-9-12(18(22)25-3)14(10-16(15)24-2)20-17(21)8-11-6-4-5-7-13(11)19/h4-7,9-10H,8H2,1-3H3,(H,20,21). The summed E-state index contributed by atoms with van der Waals surface area (Å²) in [7, 11) is 4.17. The van der Waals surface area contributed by atoms with Crippen LogP contribution in [0.4, 0.5) is 5.69 Å². The minimum atomic E-state index is -0.603. The molecule has 25 heavy (non-hydrogen) atoms. The molecule has 6 nitrogen and oxygen atoms in total. The Hall–Kier alpha value is -2.73. The highest BCUT2D eigenvalue weighted by Crippen LogP contribution is 2.34. The number of anilines is 1. The molecule has 0 aromatic heterocycles. The number of carbonyl (C=O) groups is 2. The third-order valence-electron chi connectivity index (χ3n) is 3.51. The SMILES string of the molecule is COC(=O)c1cc(OC)c(OC)cc1NC(=O)Cc1ccccc1Cl. The summed E-state index contributed by atoms with van der Waals surface area (Å²) in [5, 5.41) is 3.19. The van der Waals surface area contributed by atoms with Gasteiger partial charge in [-0.25, -0.2) is 4.79 Å². The van der Waals surface area contributed by atoms with Crippen LogP contribution in [0.3, 0.4) is 0 Å². The van der Waals surface area contributed by atoms with Gasteiger partial charge in [0.2, 0.25) is 5.91 Å². The van der Waals surface area contributed by atoms with E-state index in [4.69, 9.17) is 25.8 Å². The number of rotatable bonds is 6. The van der Waals surface area contributed by atoms with Gasteiger partial charge in [0.15, 0.2) is 11.5 Å². The van der Waals surface area contributed by atoms with Gasteiger partial charge in [0.25, 0.3) is 0 Å². The third-order valence-corrected chi connectivity index (χ3v) is 3.88. The van der Waals surface area contributed by atoms with Gasteiger partial charge in [0.1, 0.15) is 0 Å². The molecule has 0 aliphatic rings. The highest BCUT2D eigenvalue weighted by atomic mass is 35.5. The molecule has 2 rings (SSSR count). The van der Waals surface area contributed by atoms with Gasteiger partial charge >= 0.3 is 5.97 Å². The fourth-order valence-electron chi connectivity index (χ4n) is 2.27. The predicted octanol–water partition coefficient (Wildman–Crippen LogP) is 3.33. The smallest absolute Gasteiger partial charge is 0.340 e. The number of amides is 1. The van der Waals surface area contributed by atoms with Crippen molar-refractivity contribution in [3.05, 3.63) is 52.5 Å². The van der Waals surface area contributed by atoms with E-state index in [-0.39, 0.29) is 23.6 Å². The van der Waals surface area contributed by atoms with E-state index in [1.165, 1.54) is 33.5 Å². The Bertz CT molecular complexity index is 791. The second kappa shape index (κ2) is 8.39. The second-order valence-electron chi connectivity index (χ2n) is 5.06. The summed E-state index contributed by atoms with van der Waals surface area (Å²) < 4.78 is 15.2. The van der Waals surface area contributed by atoms with Gasteiger partial charge in [-0.05, 0) is 11.6 Å². The molecule has 0 spiro atoms. The predicted molar refractivity (Wildman–Crippen MR) is 94.7 cm³/mol. The highest BCUT2D eigenvalue weighted by Gasteiger charge is 2.19. The average Bonchev–Trinajstić information content (AvgIpc) is 2.62. The monoisotopic (exact) mass is 363 g/mol. The van der Waals surface area contributed by atoms with Crippen LogP contribution in [0.15, 0.2) is 36.4 Å². The van der Waals surface area contributed by atoms with Crippen molar-refractivity contribution in [1.82, 2.24) is 0 Å². The third kappa shape index (κ3) is 4.42. The normalized spacial score (nSPS) is 10.1. The zero-order valence-corrected chi connectivity index (χ0v) is 14.8. The van der Waals surface area contributed by atoms with Gasteiger partial charge in [0, 0.05) is 17.2 Å². The summed E-state index contributed by atoms with van der Waals surface area (Å²) in [4.78, 5) is 24.4. The van der Waals surface area contributed by atoms with Crippen molar-refractivity contribution in [2.45, 2.75) is 6.42 Å². The fourth-order valence-corrected chi connectivity index (χ4v) is 2.47. The van der Waals surface area contributed by atoms with Crippen molar-refractivity contribution >= 4 is 29.2 Å². The van der Waals surface area contributed by atoms with E-state index in [0.717, 1.165) is 0 Å². The molecule has 0 bridgehead atoms. The van der Waals surface area contributed by atoms with Crippen molar-refractivity contribution in [1.29, 1.82) is 0 Å². The zero-order valence-electron chi connectivity index (χ0n) is 14.1. The highest BCUT2D eigenvalue weighted by molar-refractivity contribution is 6.31. The topological polar surface area (TPSA) is 73.9 Å². The van der Waals surface area contributed by atoms with E-state index >= 15 is 0 Å². The molecule has 7 heteroatoms. The Kier molecular flexibility index (Phi) is 6.25. The molecule has 2 aromatic carbocycles. The van der Waals surface area contributed by atoms with Crippen LogP contribution in [-0.2, 0) is 16.0 Å². The van der Waals surface area contributed by atoms with E-state index in [1.54, 1.807) is 24.3 Å². The maximum Gasteiger partial charge on any atom is 0.340 e. The van der Waals surface area contributed by atoms with Crippen molar-refractivity contribution in [2.24, 2.45) is 0 Å². The molecule has 0 radical (unpaired) electrons. The Morgan fingerprint density at radius 3 is 2.28 bits per heavy atom. The van der Waals surface area contributed by atoms with E-state index in [2.05, 4.69) is 5.32 Å². The molecule has 0 saturated heterocycles. The summed E-state index contributed by atoms with van der Waals surface area (Å²) >= 11 is 6.07. The molecule has 0 aliphatic carbocycles. The number of methoxy groups -OCH3 is 3. The van der Waals surface area contributed by atoms with E-state index < -0.39 is 5.97 Å². The van der Waals surface area contributed by atoms with Crippen molar-refractivity contribution in [2.75, 3.05) is 26.6 Å². The molecule has 0 fully saturated rings. The summed E-state index contributed by atoms with van der Waals surface area (Å²) in [5.41, 5.74) is 1.11. The molecular formula is C18H18ClNO5. The molecule has 0 heterocycles. The van der Waals surface area contributed by atoms with Crippen LogP contribution in [-0.4, -0.2) is 33.2 Å². The number of hydrogen-bond donors (Lipinski definition) is 1. The number of halogens is 1. The van der Waals surface area contributed by atoms with E-state index in [9.17, 15) is 9.59 Å². The van der Waals surface area contributed by atoms with Crippen molar-refractivity contribution in [3.63, 3.8) is 0 Å². The molecule has 132 valence electrons. The average molecular weight is 364 g/mol. The van der Waals surface area contributed by atoms with Crippen LogP contribution in [0.1, 0.15) is 15.9 Å². The number of ether oxygens (including phenoxy) is 3.